The molecule has 2 aromatic rings. The molecule has 0 aliphatic rings. The van der Waals surface area contributed by atoms with Gasteiger partial charge in [0.25, 0.3) is 5.91 Å². The van der Waals surface area contributed by atoms with E-state index in [9.17, 15) is 22.8 Å². The van der Waals surface area contributed by atoms with Crippen molar-refractivity contribution in [1.29, 1.82) is 0 Å². The summed E-state index contributed by atoms with van der Waals surface area (Å²) in [6.45, 7) is 0. The van der Waals surface area contributed by atoms with Crippen molar-refractivity contribution in [2.75, 3.05) is 12.4 Å². The van der Waals surface area contributed by atoms with E-state index in [2.05, 4.69) is 14.8 Å². The average molecular weight is 339 g/mol. The maximum absolute atomic E-state index is 12.1. The normalized spacial score (nSPS) is 10.8. The number of hydrogen-bond donors (Lipinski definition) is 1. The van der Waals surface area contributed by atoms with Crippen molar-refractivity contribution in [1.82, 2.24) is 0 Å². The first-order valence-corrected chi connectivity index (χ1v) is 6.64. The molecule has 126 valence electrons. The van der Waals surface area contributed by atoms with Crippen molar-refractivity contribution in [3.8, 4) is 5.75 Å². The molecular weight excluding hydrogens is 327 g/mol. The van der Waals surface area contributed by atoms with Gasteiger partial charge in [0.05, 0.1) is 12.7 Å². The first-order valence-electron chi connectivity index (χ1n) is 6.64. The number of amides is 1. The quantitative estimate of drug-likeness (QED) is 0.864. The van der Waals surface area contributed by atoms with Crippen molar-refractivity contribution < 1.29 is 32.2 Å². The van der Waals surface area contributed by atoms with E-state index in [0.717, 1.165) is 12.1 Å². The Bertz CT molecular complexity index is 724. The number of nitrogens with one attached hydrogen (secondary N) is 1. The van der Waals surface area contributed by atoms with Crippen LogP contribution < -0.4 is 10.1 Å². The topological polar surface area (TPSA) is 64.6 Å². The highest BCUT2D eigenvalue weighted by Crippen LogP contribution is 2.23. The van der Waals surface area contributed by atoms with Crippen molar-refractivity contribution in [2.45, 2.75) is 6.36 Å². The van der Waals surface area contributed by atoms with Crippen LogP contribution in [0.1, 0.15) is 20.7 Å². The molecule has 2 aromatic carbocycles. The summed E-state index contributed by atoms with van der Waals surface area (Å²) in [6, 6.07) is 10.5. The van der Waals surface area contributed by atoms with Gasteiger partial charge in [0.15, 0.2) is 0 Å². The molecule has 8 heteroatoms. The molecule has 0 saturated heterocycles. The molecule has 0 aliphatic heterocycles. The van der Waals surface area contributed by atoms with Gasteiger partial charge in [-0.25, -0.2) is 4.79 Å². The van der Waals surface area contributed by atoms with Gasteiger partial charge in [0, 0.05) is 11.3 Å². The van der Waals surface area contributed by atoms with Gasteiger partial charge in [-0.05, 0) is 48.5 Å². The number of methoxy groups -OCH3 is 1. The van der Waals surface area contributed by atoms with Crippen molar-refractivity contribution >= 4 is 17.6 Å². The molecule has 5 nitrogen and oxygen atoms in total. The lowest BCUT2D eigenvalue weighted by Gasteiger charge is -2.09. The molecule has 0 radical (unpaired) electrons. The Morgan fingerprint density at radius 2 is 1.46 bits per heavy atom. The Hall–Kier alpha value is -3.03. The lowest BCUT2D eigenvalue weighted by molar-refractivity contribution is -0.274. The van der Waals surface area contributed by atoms with Crippen LogP contribution in [-0.2, 0) is 4.74 Å². The van der Waals surface area contributed by atoms with Gasteiger partial charge in [0.1, 0.15) is 5.75 Å². The largest absolute Gasteiger partial charge is 0.573 e. The van der Waals surface area contributed by atoms with Gasteiger partial charge < -0.3 is 14.8 Å². The van der Waals surface area contributed by atoms with Gasteiger partial charge >= 0.3 is 12.3 Å². The number of carbonyl (C=O) groups excluding carboxylic acids is 2. The number of benzene rings is 2. The summed E-state index contributed by atoms with van der Waals surface area (Å²) in [5.41, 5.74) is 0.897. The minimum atomic E-state index is -4.79. The van der Waals surface area contributed by atoms with Crippen molar-refractivity contribution in [3.05, 3.63) is 59.7 Å². The second kappa shape index (κ2) is 7.03. The second-order valence-corrected chi connectivity index (χ2v) is 4.60. The molecule has 2 rings (SSSR count). The number of hydrogen-bond acceptors (Lipinski definition) is 4. The summed E-state index contributed by atoms with van der Waals surface area (Å²) in [5.74, 6) is -1.44. The van der Waals surface area contributed by atoms with Crippen LogP contribution in [0.2, 0.25) is 0 Å². The smallest absolute Gasteiger partial charge is 0.465 e. The number of anilines is 1. The summed E-state index contributed by atoms with van der Waals surface area (Å²) < 4.78 is 44.5. The van der Waals surface area contributed by atoms with Crippen LogP contribution in [0.15, 0.2) is 48.5 Å². The van der Waals surface area contributed by atoms with E-state index in [1.54, 1.807) is 0 Å². The minimum absolute atomic E-state index is 0.154. The summed E-state index contributed by atoms with van der Waals surface area (Å²) >= 11 is 0. The zero-order chi connectivity index (χ0) is 17.7. The second-order valence-electron chi connectivity index (χ2n) is 4.60. The Kier molecular flexibility index (Phi) is 5.08. The summed E-state index contributed by atoms with van der Waals surface area (Å²) in [4.78, 5) is 23.3. The number of halogens is 3. The maximum Gasteiger partial charge on any atom is 0.573 e. The van der Waals surface area contributed by atoms with E-state index in [1.165, 1.54) is 43.5 Å². The molecule has 0 heterocycles. The first-order chi connectivity index (χ1) is 11.3. The molecule has 0 atom stereocenters. The highest BCUT2D eigenvalue weighted by atomic mass is 19.4. The van der Waals surface area contributed by atoms with Crippen LogP contribution >= 0.6 is 0 Å². The van der Waals surface area contributed by atoms with Crippen LogP contribution in [0.25, 0.3) is 0 Å². The fourth-order valence-electron chi connectivity index (χ4n) is 1.82. The van der Waals surface area contributed by atoms with Crippen LogP contribution in [-0.4, -0.2) is 25.3 Å². The minimum Gasteiger partial charge on any atom is -0.465 e. The first kappa shape index (κ1) is 17.3. The number of alkyl halides is 3. The van der Waals surface area contributed by atoms with E-state index < -0.39 is 24.0 Å². The molecule has 0 unspecified atom stereocenters. The third kappa shape index (κ3) is 4.73. The van der Waals surface area contributed by atoms with Gasteiger partial charge in [-0.3, -0.25) is 4.79 Å². The summed E-state index contributed by atoms with van der Waals surface area (Å²) in [5, 5.41) is 2.56. The molecule has 1 N–H and O–H groups in total. The van der Waals surface area contributed by atoms with Crippen LogP contribution in [0.3, 0.4) is 0 Å². The fourth-order valence-corrected chi connectivity index (χ4v) is 1.82. The predicted molar refractivity (Wildman–Crippen MR) is 78.9 cm³/mol. The molecular formula is C16H12F3NO4. The van der Waals surface area contributed by atoms with E-state index in [4.69, 9.17) is 0 Å². The highest BCUT2D eigenvalue weighted by Gasteiger charge is 2.31. The van der Waals surface area contributed by atoms with Crippen molar-refractivity contribution in [3.63, 3.8) is 0 Å². The number of esters is 1. The molecule has 24 heavy (non-hydrogen) atoms. The Morgan fingerprint density at radius 1 is 0.917 bits per heavy atom. The van der Waals surface area contributed by atoms with Gasteiger partial charge in [-0.2, -0.15) is 0 Å². The van der Waals surface area contributed by atoms with Crippen LogP contribution in [0.5, 0.6) is 5.75 Å². The third-order valence-corrected chi connectivity index (χ3v) is 2.91. The summed E-state index contributed by atoms with van der Waals surface area (Å²) in [6.07, 6.45) is -4.79. The van der Waals surface area contributed by atoms with Gasteiger partial charge in [-0.15, -0.1) is 13.2 Å². The highest BCUT2D eigenvalue weighted by molar-refractivity contribution is 6.04. The predicted octanol–water partition coefficient (Wildman–Crippen LogP) is 3.62. The van der Waals surface area contributed by atoms with Gasteiger partial charge in [0.2, 0.25) is 0 Å². The van der Waals surface area contributed by atoms with Crippen molar-refractivity contribution in [2.24, 2.45) is 0 Å². The Balaban J connectivity index is 2.03. The molecule has 0 aliphatic carbocycles. The molecule has 0 saturated carbocycles. The lowest BCUT2D eigenvalue weighted by atomic mass is 10.2. The Morgan fingerprint density at radius 3 is 1.96 bits per heavy atom. The van der Waals surface area contributed by atoms with Gasteiger partial charge in [-0.1, -0.05) is 0 Å². The summed E-state index contributed by atoms with van der Waals surface area (Å²) in [7, 11) is 1.25. The van der Waals surface area contributed by atoms with E-state index in [-0.39, 0.29) is 5.56 Å². The zero-order valence-electron chi connectivity index (χ0n) is 12.4. The molecule has 0 spiro atoms. The molecule has 1 amide bonds. The van der Waals surface area contributed by atoms with Crippen LogP contribution in [0, 0.1) is 0 Å². The number of carbonyl (C=O) groups is 2. The van der Waals surface area contributed by atoms with Crippen LogP contribution in [0.4, 0.5) is 18.9 Å². The van der Waals surface area contributed by atoms with E-state index >= 15 is 0 Å². The SMILES string of the molecule is COC(=O)c1ccc(NC(=O)c2ccc(OC(F)(F)F)cc2)cc1. The van der Waals surface area contributed by atoms with E-state index in [0.29, 0.717) is 11.3 Å². The average Bonchev–Trinajstić information content (AvgIpc) is 2.54. The lowest BCUT2D eigenvalue weighted by Crippen LogP contribution is -2.17. The fraction of sp³-hybridized carbons (Fsp3) is 0.125. The number of rotatable bonds is 4. The Labute approximate surface area is 135 Å². The zero-order valence-corrected chi connectivity index (χ0v) is 12.4. The molecule has 0 fully saturated rings. The monoisotopic (exact) mass is 339 g/mol. The maximum atomic E-state index is 12.1. The molecule has 0 bridgehead atoms. The number of ether oxygens (including phenoxy) is 2. The third-order valence-electron chi connectivity index (χ3n) is 2.91. The van der Waals surface area contributed by atoms with E-state index in [1.807, 2.05) is 0 Å². The molecule has 0 aromatic heterocycles. The standard InChI is InChI=1S/C16H12F3NO4/c1-23-15(22)11-2-6-12(7-3-11)20-14(21)10-4-8-13(9-5-10)24-16(17,18)19/h2-9H,1H3,(H,20,21).